The summed E-state index contributed by atoms with van der Waals surface area (Å²) in [6, 6.07) is 0. The van der Waals surface area contributed by atoms with Gasteiger partial charge < -0.3 is 10.1 Å². The fraction of sp³-hybridized carbons (Fsp3) is 0.800. The van der Waals surface area contributed by atoms with Gasteiger partial charge in [0.25, 0.3) is 6.43 Å². The Morgan fingerprint density at radius 1 is 1.41 bits per heavy atom. The van der Waals surface area contributed by atoms with Crippen molar-refractivity contribution in [2.24, 2.45) is 5.92 Å². The molecule has 0 unspecified atom stereocenters. The van der Waals surface area contributed by atoms with Crippen LogP contribution >= 0.6 is 11.5 Å². The molecule has 0 aromatic carbocycles. The summed E-state index contributed by atoms with van der Waals surface area (Å²) >= 11 is 1.28. The van der Waals surface area contributed by atoms with Gasteiger partial charge in [-0.25, -0.2) is 13.8 Å². The molecule has 98 valence electrons. The second kappa shape index (κ2) is 7.50. The number of anilines is 1. The minimum absolute atomic E-state index is 0.227. The van der Waals surface area contributed by atoms with Crippen LogP contribution in [-0.4, -0.2) is 35.5 Å². The molecule has 0 bridgehead atoms. The molecule has 0 aliphatic rings. The van der Waals surface area contributed by atoms with Gasteiger partial charge in [-0.1, -0.05) is 13.8 Å². The second-order valence-electron chi connectivity index (χ2n) is 4.01. The van der Waals surface area contributed by atoms with Gasteiger partial charge >= 0.3 is 0 Å². The summed E-state index contributed by atoms with van der Waals surface area (Å²) in [6.45, 7) is 4.75. The third-order valence-electron chi connectivity index (χ3n) is 1.84. The van der Waals surface area contributed by atoms with E-state index in [0.717, 1.165) is 11.7 Å². The Labute approximate surface area is 104 Å². The van der Waals surface area contributed by atoms with E-state index in [1.807, 2.05) is 0 Å². The van der Waals surface area contributed by atoms with Gasteiger partial charge in [0.1, 0.15) is 12.4 Å². The van der Waals surface area contributed by atoms with Crippen molar-refractivity contribution in [2.45, 2.75) is 26.7 Å². The van der Waals surface area contributed by atoms with E-state index in [2.05, 4.69) is 28.5 Å². The molecule has 0 atom stereocenters. The van der Waals surface area contributed by atoms with Gasteiger partial charge in [0.15, 0.2) is 0 Å². The molecular weight excluding hydrogens is 248 g/mol. The van der Waals surface area contributed by atoms with E-state index in [1.54, 1.807) is 0 Å². The highest BCUT2D eigenvalue weighted by molar-refractivity contribution is 7.09. The number of hydrogen-bond acceptors (Lipinski definition) is 5. The quantitative estimate of drug-likeness (QED) is 0.733. The largest absolute Gasteiger partial charge is 0.375 e. The van der Waals surface area contributed by atoms with Gasteiger partial charge in [-0.15, -0.1) is 0 Å². The number of rotatable bonds is 8. The zero-order valence-corrected chi connectivity index (χ0v) is 10.8. The van der Waals surface area contributed by atoms with E-state index >= 15 is 0 Å². The van der Waals surface area contributed by atoms with Crippen LogP contribution in [0.5, 0.6) is 0 Å². The van der Waals surface area contributed by atoms with Crippen molar-refractivity contribution in [1.82, 2.24) is 9.36 Å². The zero-order chi connectivity index (χ0) is 12.7. The predicted molar refractivity (Wildman–Crippen MR) is 63.8 cm³/mol. The molecule has 1 aromatic rings. The van der Waals surface area contributed by atoms with Gasteiger partial charge in [-0.05, 0) is 5.92 Å². The van der Waals surface area contributed by atoms with Crippen LogP contribution in [0.25, 0.3) is 0 Å². The SMILES string of the molecule is CC(C)CNc1nc(CCOCC(F)F)ns1. The first kappa shape index (κ1) is 14.2. The summed E-state index contributed by atoms with van der Waals surface area (Å²) in [5.41, 5.74) is 0. The Hall–Kier alpha value is -0.820. The topological polar surface area (TPSA) is 47.0 Å². The first-order valence-electron chi connectivity index (χ1n) is 5.50. The second-order valence-corrected chi connectivity index (χ2v) is 4.76. The molecule has 1 aromatic heterocycles. The average molecular weight is 265 g/mol. The zero-order valence-electron chi connectivity index (χ0n) is 9.95. The van der Waals surface area contributed by atoms with Gasteiger partial charge in [0.2, 0.25) is 5.13 Å². The number of nitrogens with one attached hydrogen (secondary N) is 1. The van der Waals surface area contributed by atoms with Crippen molar-refractivity contribution < 1.29 is 13.5 Å². The fourth-order valence-electron chi connectivity index (χ4n) is 1.05. The summed E-state index contributed by atoms with van der Waals surface area (Å²) in [5, 5.41) is 3.92. The Kier molecular flexibility index (Phi) is 6.28. The Bertz CT molecular complexity index is 320. The maximum Gasteiger partial charge on any atom is 0.261 e. The van der Waals surface area contributed by atoms with E-state index in [0.29, 0.717) is 18.2 Å². The summed E-state index contributed by atoms with van der Waals surface area (Å²) in [5.74, 6) is 1.17. The third-order valence-corrected chi connectivity index (χ3v) is 2.55. The molecule has 1 rings (SSSR count). The Morgan fingerprint density at radius 3 is 2.82 bits per heavy atom. The molecule has 0 saturated carbocycles. The van der Waals surface area contributed by atoms with Crippen LogP contribution in [-0.2, 0) is 11.2 Å². The van der Waals surface area contributed by atoms with Gasteiger partial charge in [-0.2, -0.15) is 4.37 Å². The highest BCUT2D eigenvalue weighted by atomic mass is 32.1. The molecule has 0 aliphatic heterocycles. The molecule has 1 heterocycles. The highest BCUT2D eigenvalue weighted by Gasteiger charge is 2.06. The van der Waals surface area contributed by atoms with Crippen molar-refractivity contribution in [3.8, 4) is 0 Å². The van der Waals surface area contributed by atoms with Crippen molar-refractivity contribution in [2.75, 3.05) is 25.1 Å². The van der Waals surface area contributed by atoms with Crippen LogP contribution in [0.2, 0.25) is 0 Å². The van der Waals surface area contributed by atoms with Crippen LogP contribution in [0, 0.1) is 5.92 Å². The first-order valence-corrected chi connectivity index (χ1v) is 6.27. The van der Waals surface area contributed by atoms with E-state index in [4.69, 9.17) is 4.74 Å². The number of alkyl halides is 2. The smallest absolute Gasteiger partial charge is 0.261 e. The molecule has 7 heteroatoms. The molecule has 1 N–H and O–H groups in total. The summed E-state index contributed by atoms with van der Waals surface area (Å²) < 4.78 is 32.4. The van der Waals surface area contributed by atoms with Crippen molar-refractivity contribution in [1.29, 1.82) is 0 Å². The summed E-state index contributed by atoms with van der Waals surface area (Å²) in [4.78, 5) is 4.23. The molecule has 0 aliphatic carbocycles. The van der Waals surface area contributed by atoms with Crippen LogP contribution < -0.4 is 5.32 Å². The van der Waals surface area contributed by atoms with Crippen LogP contribution in [0.15, 0.2) is 0 Å². The van der Waals surface area contributed by atoms with Crippen LogP contribution in [0.1, 0.15) is 19.7 Å². The molecule has 0 saturated heterocycles. The van der Waals surface area contributed by atoms with Crippen LogP contribution in [0.4, 0.5) is 13.9 Å². The molecule has 0 fully saturated rings. The minimum atomic E-state index is -2.42. The van der Waals surface area contributed by atoms with E-state index < -0.39 is 13.0 Å². The lowest BCUT2D eigenvalue weighted by Gasteiger charge is -2.03. The lowest BCUT2D eigenvalue weighted by Crippen LogP contribution is -2.09. The van der Waals surface area contributed by atoms with E-state index in [1.165, 1.54) is 11.5 Å². The third kappa shape index (κ3) is 6.48. The minimum Gasteiger partial charge on any atom is -0.375 e. The van der Waals surface area contributed by atoms with Crippen molar-refractivity contribution in [3.63, 3.8) is 0 Å². The average Bonchev–Trinajstić information content (AvgIpc) is 2.69. The van der Waals surface area contributed by atoms with E-state index in [9.17, 15) is 8.78 Å². The molecule has 0 radical (unpaired) electrons. The van der Waals surface area contributed by atoms with Gasteiger partial charge in [0.05, 0.1) is 6.61 Å². The Morgan fingerprint density at radius 2 is 2.18 bits per heavy atom. The molecule has 4 nitrogen and oxygen atoms in total. The van der Waals surface area contributed by atoms with E-state index in [-0.39, 0.29) is 6.61 Å². The molecular formula is C10H17F2N3OS. The molecule has 0 amide bonds. The number of ether oxygens (including phenoxy) is 1. The maximum absolute atomic E-state index is 11.8. The lowest BCUT2D eigenvalue weighted by atomic mass is 10.2. The molecule has 17 heavy (non-hydrogen) atoms. The predicted octanol–water partition coefficient (Wildman–Crippen LogP) is 2.43. The van der Waals surface area contributed by atoms with Crippen LogP contribution in [0.3, 0.4) is 0 Å². The maximum atomic E-state index is 11.8. The van der Waals surface area contributed by atoms with Crippen molar-refractivity contribution >= 4 is 16.7 Å². The monoisotopic (exact) mass is 265 g/mol. The summed E-state index contributed by atoms with van der Waals surface area (Å²) in [6.07, 6.45) is -1.95. The standard InChI is InChI=1S/C10H17F2N3OS/c1-7(2)5-13-10-14-9(15-17-10)3-4-16-6-8(11)12/h7-8H,3-6H2,1-2H3,(H,13,14,15). The normalized spacial score (nSPS) is 11.4. The van der Waals surface area contributed by atoms with Crippen molar-refractivity contribution in [3.05, 3.63) is 5.82 Å². The number of nitrogens with zero attached hydrogens (tertiary/aromatic N) is 2. The fourth-order valence-corrected chi connectivity index (χ4v) is 1.67. The summed E-state index contributed by atoms with van der Waals surface area (Å²) in [7, 11) is 0. The lowest BCUT2D eigenvalue weighted by molar-refractivity contribution is 0.0183. The number of aromatic nitrogens is 2. The number of halogens is 2. The first-order chi connectivity index (χ1) is 8.08. The van der Waals surface area contributed by atoms with Gasteiger partial charge in [0, 0.05) is 24.5 Å². The Balaban J connectivity index is 2.21. The molecule has 0 spiro atoms. The highest BCUT2D eigenvalue weighted by Crippen LogP contribution is 2.12. The number of hydrogen-bond donors (Lipinski definition) is 1. The van der Waals surface area contributed by atoms with Gasteiger partial charge in [-0.3, -0.25) is 0 Å².